The normalized spacial score (nSPS) is 14.2. The van der Waals surface area contributed by atoms with Gasteiger partial charge in [-0.25, -0.2) is 14.5 Å². The van der Waals surface area contributed by atoms with Crippen LogP contribution in [0.5, 0.6) is 0 Å². The summed E-state index contributed by atoms with van der Waals surface area (Å²) in [6.07, 6.45) is 6.98. The number of nitrogens with zero attached hydrogens (tertiary/aromatic N) is 3. The molecule has 1 N–H and O–H groups in total. The van der Waals surface area contributed by atoms with Crippen LogP contribution in [0, 0.1) is 0 Å². The van der Waals surface area contributed by atoms with Gasteiger partial charge in [-0.05, 0) is 37.3 Å². The second-order valence-electron chi connectivity index (χ2n) is 4.58. The highest BCUT2D eigenvalue weighted by Crippen LogP contribution is 2.24. The minimum absolute atomic E-state index is 0.167. The lowest BCUT2D eigenvalue weighted by atomic mass is 9.95. The van der Waals surface area contributed by atoms with Crippen molar-refractivity contribution in [2.45, 2.75) is 25.7 Å². The highest BCUT2D eigenvalue weighted by atomic mass is 35.5. The molecular formula is C13H12ClN3O2. The Labute approximate surface area is 114 Å². The summed E-state index contributed by atoms with van der Waals surface area (Å²) in [4.78, 5) is 15.9. The molecule has 1 aliphatic rings. The van der Waals surface area contributed by atoms with Gasteiger partial charge in [-0.3, -0.25) is 0 Å². The lowest BCUT2D eigenvalue weighted by molar-refractivity contribution is 0.0696. The van der Waals surface area contributed by atoms with Crippen molar-refractivity contribution >= 4 is 17.6 Å². The standard InChI is InChI=1S/C13H12ClN3O2/c14-9-6-15-17(7-9)12-10(13(18)19)5-8-3-1-2-4-11(8)16-12/h5-7H,1-4H2,(H,18,19). The third kappa shape index (κ3) is 2.21. The first-order valence-corrected chi connectivity index (χ1v) is 6.49. The summed E-state index contributed by atoms with van der Waals surface area (Å²) >= 11 is 5.83. The largest absolute Gasteiger partial charge is 0.478 e. The first-order valence-electron chi connectivity index (χ1n) is 6.12. The van der Waals surface area contributed by atoms with Crippen molar-refractivity contribution in [3.05, 3.63) is 40.3 Å². The van der Waals surface area contributed by atoms with E-state index in [1.54, 1.807) is 12.3 Å². The quantitative estimate of drug-likeness (QED) is 0.916. The second-order valence-corrected chi connectivity index (χ2v) is 5.02. The van der Waals surface area contributed by atoms with E-state index in [9.17, 15) is 9.90 Å². The van der Waals surface area contributed by atoms with Crippen molar-refractivity contribution in [1.29, 1.82) is 0 Å². The minimum atomic E-state index is -0.998. The summed E-state index contributed by atoms with van der Waals surface area (Å²) < 4.78 is 1.42. The number of hydrogen-bond donors (Lipinski definition) is 1. The van der Waals surface area contributed by atoms with Gasteiger partial charge in [-0.2, -0.15) is 5.10 Å². The summed E-state index contributed by atoms with van der Waals surface area (Å²) in [6.45, 7) is 0. The highest BCUT2D eigenvalue weighted by molar-refractivity contribution is 6.30. The summed E-state index contributed by atoms with van der Waals surface area (Å²) in [6, 6.07) is 1.72. The molecule has 6 heteroatoms. The zero-order chi connectivity index (χ0) is 13.4. The number of hydrogen-bond acceptors (Lipinski definition) is 3. The monoisotopic (exact) mass is 277 g/mol. The van der Waals surface area contributed by atoms with Gasteiger partial charge in [0.05, 0.1) is 17.4 Å². The first kappa shape index (κ1) is 12.2. The van der Waals surface area contributed by atoms with Gasteiger partial charge in [0.25, 0.3) is 0 Å². The molecule has 5 nitrogen and oxygen atoms in total. The predicted octanol–water partition coefficient (Wildman–Crippen LogP) is 2.50. The van der Waals surface area contributed by atoms with Gasteiger partial charge in [0.1, 0.15) is 5.56 Å². The maximum atomic E-state index is 11.4. The van der Waals surface area contributed by atoms with Gasteiger partial charge >= 0.3 is 5.97 Å². The number of carboxylic acid groups (broad SMARTS) is 1. The van der Waals surface area contributed by atoms with E-state index in [-0.39, 0.29) is 5.56 Å². The first-order chi connectivity index (χ1) is 9.15. The number of pyridine rings is 1. The molecule has 0 spiro atoms. The Balaban J connectivity index is 2.18. The van der Waals surface area contributed by atoms with Crippen LogP contribution in [0.2, 0.25) is 5.02 Å². The molecular weight excluding hydrogens is 266 g/mol. The van der Waals surface area contributed by atoms with Crippen molar-refractivity contribution in [2.75, 3.05) is 0 Å². The smallest absolute Gasteiger partial charge is 0.339 e. The Morgan fingerprint density at radius 3 is 2.84 bits per heavy atom. The maximum absolute atomic E-state index is 11.4. The molecule has 98 valence electrons. The average Bonchev–Trinajstić information content (AvgIpc) is 2.83. The van der Waals surface area contributed by atoms with Crippen molar-refractivity contribution < 1.29 is 9.90 Å². The fraction of sp³-hybridized carbons (Fsp3) is 0.308. The van der Waals surface area contributed by atoms with E-state index in [4.69, 9.17) is 11.6 Å². The van der Waals surface area contributed by atoms with E-state index in [2.05, 4.69) is 10.1 Å². The Morgan fingerprint density at radius 2 is 2.16 bits per heavy atom. The Kier molecular flexibility index (Phi) is 2.98. The molecule has 0 aromatic carbocycles. The topological polar surface area (TPSA) is 68.0 Å². The lowest BCUT2D eigenvalue weighted by Crippen LogP contribution is -2.14. The summed E-state index contributed by atoms with van der Waals surface area (Å²) in [5.41, 5.74) is 2.17. The van der Waals surface area contributed by atoms with Crippen LogP contribution in [0.4, 0.5) is 0 Å². The fourth-order valence-corrected chi connectivity index (χ4v) is 2.51. The molecule has 2 heterocycles. The number of aromatic carboxylic acids is 1. The number of aromatic nitrogens is 3. The van der Waals surface area contributed by atoms with Crippen LogP contribution < -0.4 is 0 Å². The molecule has 2 aromatic heterocycles. The highest BCUT2D eigenvalue weighted by Gasteiger charge is 2.20. The van der Waals surface area contributed by atoms with Crippen LogP contribution in [0.1, 0.15) is 34.5 Å². The SMILES string of the molecule is O=C(O)c1cc2c(nc1-n1cc(Cl)cn1)CCCC2. The summed E-state index contributed by atoms with van der Waals surface area (Å²) in [5, 5.41) is 13.8. The minimum Gasteiger partial charge on any atom is -0.478 e. The lowest BCUT2D eigenvalue weighted by Gasteiger charge is -2.17. The third-order valence-corrected chi connectivity index (χ3v) is 3.47. The summed E-state index contributed by atoms with van der Waals surface area (Å²) in [7, 11) is 0. The van der Waals surface area contributed by atoms with E-state index < -0.39 is 5.97 Å². The van der Waals surface area contributed by atoms with Gasteiger partial charge < -0.3 is 5.11 Å². The van der Waals surface area contributed by atoms with Gasteiger partial charge in [-0.1, -0.05) is 11.6 Å². The molecule has 0 unspecified atom stereocenters. The Hall–Kier alpha value is -1.88. The molecule has 2 aromatic rings. The number of carbonyl (C=O) groups is 1. The molecule has 0 fully saturated rings. The maximum Gasteiger partial charge on any atom is 0.339 e. The molecule has 1 aliphatic carbocycles. The van der Waals surface area contributed by atoms with E-state index in [1.165, 1.54) is 10.9 Å². The second kappa shape index (κ2) is 4.66. The van der Waals surface area contributed by atoms with Gasteiger partial charge in [0.15, 0.2) is 5.82 Å². The van der Waals surface area contributed by atoms with E-state index in [1.807, 2.05) is 0 Å². The van der Waals surface area contributed by atoms with Crippen molar-refractivity contribution in [1.82, 2.24) is 14.8 Å². The van der Waals surface area contributed by atoms with Gasteiger partial charge in [-0.15, -0.1) is 0 Å². The number of rotatable bonds is 2. The number of carboxylic acids is 1. The molecule has 19 heavy (non-hydrogen) atoms. The van der Waals surface area contributed by atoms with E-state index in [0.717, 1.165) is 36.9 Å². The number of halogens is 1. The van der Waals surface area contributed by atoms with Gasteiger partial charge in [0, 0.05) is 5.69 Å². The fourth-order valence-electron chi connectivity index (χ4n) is 2.37. The van der Waals surface area contributed by atoms with Crippen LogP contribution in [0.15, 0.2) is 18.5 Å². The third-order valence-electron chi connectivity index (χ3n) is 3.28. The summed E-state index contributed by atoms with van der Waals surface area (Å²) in [5.74, 6) is -0.664. The molecule has 0 saturated heterocycles. The van der Waals surface area contributed by atoms with Crippen molar-refractivity contribution in [3.8, 4) is 5.82 Å². The van der Waals surface area contributed by atoms with Crippen LogP contribution in [0.25, 0.3) is 5.82 Å². The predicted molar refractivity (Wildman–Crippen MR) is 70.0 cm³/mol. The molecule has 0 amide bonds. The molecule has 0 saturated carbocycles. The van der Waals surface area contributed by atoms with Crippen LogP contribution in [-0.4, -0.2) is 25.8 Å². The van der Waals surface area contributed by atoms with E-state index in [0.29, 0.717) is 10.8 Å². The Morgan fingerprint density at radius 1 is 1.37 bits per heavy atom. The Bertz CT molecular complexity index is 651. The van der Waals surface area contributed by atoms with Gasteiger partial charge in [0.2, 0.25) is 0 Å². The molecule has 0 aliphatic heterocycles. The van der Waals surface area contributed by atoms with Crippen LogP contribution >= 0.6 is 11.6 Å². The van der Waals surface area contributed by atoms with E-state index >= 15 is 0 Å². The molecule has 0 radical (unpaired) electrons. The zero-order valence-electron chi connectivity index (χ0n) is 10.1. The molecule has 0 bridgehead atoms. The number of aryl methyl sites for hydroxylation is 2. The zero-order valence-corrected chi connectivity index (χ0v) is 10.9. The van der Waals surface area contributed by atoms with Crippen LogP contribution in [0.3, 0.4) is 0 Å². The van der Waals surface area contributed by atoms with Crippen molar-refractivity contribution in [3.63, 3.8) is 0 Å². The van der Waals surface area contributed by atoms with Crippen LogP contribution in [-0.2, 0) is 12.8 Å². The molecule has 3 rings (SSSR count). The van der Waals surface area contributed by atoms with Crippen molar-refractivity contribution in [2.24, 2.45) is 0 Å². The number of fused-ring (bicyclic) bond motifs is 1. The molecule has 0 atom stereocenters. The average molecular weight is 278 g/mol.